The lowest BCUT2D eigenvalue weighted by Crippen LogP contribution is -2.42. The zero-order valence-corrected chi connectivity index (χ0v) is 16.0. The van der Waals surface area contributed by atoms with Crippen LogP contribution < -0.4 is 10.6 Å². The number of anilines is 1. The molecule has 2 aromatic rings. The molecule has 154 valence electrons. The third-order valence-corrected chi connectivity index (χ3v) is 4.76. The molecule has 0 saturated heterocycles. The van der Waals surface area contributed by atoms with Crippen molar-refractivity contribution in [1.82, 2.24) is 5.32 Å². The van der Waals surface area contributed by atoms with Gasteiger partial charge in [-0.25, -0.2) is 13.2 Å². The molecule has 0 aliphatic heterocycles. The molecule has 0 bridgehead atoms. The van der Waals surface area contributed by atoms with E-state index in [2.05, 4.69) is 15.6 Å². The average molecular weight is 426 g/mol. The van der Waals surface area contributed by atoms with Crippen molar-refractivity contribution in [1.29, 1.82) is 0 Å². The third kappa shape index (κ3) is 5.95. The molecule has 0 heterocycles. The highest BCUT2D eigenvalue weighted by molar-refractivity contribution is 6.31. The SMILES string of the molecule is O=C(/N=C(/Nc1cc(F)cc(Cl)c1)N[C@H]1CC[C@H](O)CC1)c1ccc(F)c(F)c1. The standard InChI is InChI=1S/C20H19ClF3N3O2/c21-12-8-13(22)10-15(9-12)26-20(25-14-2-4-16(28)5-3-14)27-19(29)11-1-6-17(23)18(24)7-11/h1,6-10,14,16,28H,2-5H2,(H2,25,26,27,29)/t14-,16-. The Morgan fingerprint density at radius 2 is 1.76 bits per heavy atom. The van der Waals surface area contributed by atoms with E-state index in [4.69, 9.17) is 11.6 Å². The summed E-state index contributed by atoms with van der Waals surface area (Å²) < 4.78 is 40.2. The number of guanidine groups is 1. The van der Waals surface area contributed by atoms with Crippen LogP contribution in [0.15, 0.2) is 41.4 Å². The highest BCUT2D eigenvalue weighted by Crippen LogP contribution is 2.20. The van der Waals surface area contributed by atoms with Gasteiger partial charge in [0.05, 0.1) is 6.10 Å². The Labute approximate surface area is 170 Å². The van der Waals surface area contributed by atoms with E-state index in [1.54, 1.807) is 0 Å². The molecule has 9 heteroatoms. The van der Waals surface area contributed by atoms with Crippen LogP contribution in [0.4, 0.5) is 18.9 Å². The third-order valence-electron chi connectivity index (χ3n) is 4.54. The largest absolute Gasteiger partial charge is 0.393 e. The van der Waals surface area contributed by atoms with E-state index >= 15 is 0 Å². The molecule has 1 aliphatic carbocycles. The number of carbonyl (C=O) groups excluding carboxylic acids is 1. The molecular formula is C20H19ClF3N3O2. The minimum atomic E-state index is -1.16. The number of rotatable bonds is 3. The first-order valence-electron chi connectivity index (χ1n) is 9.06. The summed E-state index contributed by atoms with van der Waals surface area (Å²) in [5.74, 6) is -3.60. The Hall–Kier alpha value is -2.58. The molecule has 1 aliphatic rings. The van der Waals surface area contributed by atoms with Crippen molar-refractivity contribution in [2.24, 2.45) is 4.99 Å². The number of aliphatic hydroxyl groups is 1. The van der Waals surface area contributed by atoms with Crippen LogP contribution in [-0.2, 0) is 0 Å². The summed E-state index contributed by atoms with van der Waals surface area (Å²) in [6, 6.07) is 6.41. The van der Waals surface area contributed by atoms with Gasteiger partial charge in [0.2, 0.25) is 5.96 Å². The maximum absolute atomic E-state index is 13.6. The van der Waals surface area contributed by atoms with E-state index in [1.165, 1.54) is 12.1 Å². The summed E-state index contributed by atoms with van der Waals surface area (Å²) in [6.45, 7) is 0. The molecule has 2 aromatic carbocycles. The maximum Gasteiger partial charge on any atom is 0.280 e. The van der Waals surface area contributed by atoms with E-state index in [1.807, 2.05) is 0 Å². The molecule has 3 N–H and O–H groups in total. The number of nitrogens with zero attached hydrogens (tertiary/aromatic N) is 1. The lowest BCUT2D eigenvalue weighted by molar-refractivity contribution is 0.100. The lowest BCUT2D eigenvalue weighted by Gasteiger charge is -2.27. The maximum atomic E-state index is 13.6. The van der Waals surface area contributed by atoms with Crippen LogP contribution in [0.5, 0.6) is 0 Å². The Balaban J connectivity index is 1.84. The fraction of sp³-hybridized carbons (Fsp3) is 0.300. The highest BCUT2D eigenvalue weighted by atomic mass is 35.5. The van der Waals surface area contributed by atoms with Gasteiger partial charge in [-0.05, 0) is 62.1 Å². The normalized spacial score (nSPS) is 19.7. The molecule has 29 heavy (non-hydrogen) atoms. The summed E-state index contributed by atoms with van der Waals surface area (Å²) in [6.07, 6.45) is 2.10. The predicted molar refractivity (Wildman–Crippen MR) is 105 cm³/mol. The van der Waals surface area contributed by atoms with Gasteiger partial charge in [0.15, 0.2) is 11.6 Å². The Morgan fingerprint density at radius 1 is 1.03 bits per heavy atom. The van der Waals surface area contributed by atoms with Gasteiger partial charge in [-0.2, -0.15) is 4.99 Å². The number of nitrogens with one attached hydrogen (secondary N) is 2. The van der Waals surface area contributed by atoms with Crippen molar-refractivity contribution >= 4 is 29.2 Å². The predicted octanol–water partition coefficient (Wildman–Crippen LogP) is 4.26. The average Bonchev–Trinajstić information content (AvgIpc) is 2.65. The van der Waals surface area contributed by atoms with Crippen LogP contribution in [-0.4, -0.2) is 29.1 Å². The Kier molecular flexibility index (Phi) is 6.76. The molecule has 0 atom stereocenters. The number of amides is 1. The molecule has 0 aromatic heterocycles. The van der Waals surface area contributed by atoms with Gasteiger partial charge < -0.3 is 15.7 Å². The van der Waals surface area contributed by atoms with Crippen molar-refractivity contribution < 1.29 is 23.1 Å². The quantitative estimate of drug-likeness (QED) is 0.507. The fourth-order valence-electron chi connectivity index (χ4n) is 3.07. The molecule has 3 rings (SSSR count). The summed E-state index contributed by atoms with van der Waals surface area (Å²) in [5, 5.41) is 15.7. The van der Waals surface area contributed by atoms with Gasteiger partial charge in [0.1, 0.15) is 5.82 Å². The van der Waals surface area contributed by atoms with Crippen LogP contribution in [0.2, 0.25) is 5.02 Å². The lowest BCUT2D eigenvalue weighted by atomic mass is 9.93. The molecule has 1 saturated carbocycles. The van der Waals surface area contributed by atoms with Gasteiger partial charge in [-0.1, -0.05) is 11.6 Å². The summed E-state index contributed by atoms with van der Waals surface area (Å²) in [5.41, 5.74) is 0.122. The molecule has 5 nitrogen and oxygen atoms in total. The van der Waals surface area contributed by atoms with Crippen LogP contribution in [0, 0.1) is 17.5 Å². The molecule has 1 fully saturated rings. The first-order chi connectivity index (χ1) is 13.8. The number of benzene rings is 2. The van der Waals surface area contributed by atoms with Gasteiger partial charge in [0, 0.05) is 22.3 Å². The minimum Gasteiger partial charge on any atom is -0.393 e. The number of hydrogen-bond acceptors (Lipinski definition) is 2. The molecule has 0 spiro atoms. The number of aliphatic imine (C=N–C) groups is 1. The first-order valence-corrected chi connectivity index (χ1v) is 9.44. The number of aliphatic hydroxyl groups excluding tert-OH is 1. The summed E-state index contributed by atoms with van der Waals surface area (Å²) in [7, 11) is 0. The van der Waals surface area contributed by atoms with Gasteiger partial charge in [-0.15, -0.1) is 0 Å². The highest BCUT2D eigenvalue weighted by Gasteiger charge is 2.21. The van der Waals surface area contributed by atoms with Crippen molar-refractivity contribution in [2.75, 3.05) is 5.32 Å². The van der Waals surface area contributed by atoms with E-state index in [0.717, 1.165) is 24.3 Å². The molecule has 0 radical (unpaired) electrons. The number of carbonyl (C=O) groups is 1. The fourth-order valence-corrected chi connectivity index (χ4v) is 3.29. The zero-order chi connectivity index (χ0) is 21.0. The first kappa shape index (κ1) is 21.1. The van der Waals surface area contributed by atoms with Crippen molar-refractivity contribution in [3.05, 3.63) is 64.4 Å². The Morgan fingerprint density at radius 3 is 2.41 bits per heavy atom. The van der Waals surface area contributed by atoms with Gasteiger partial charge >= 0.3 is 0 Å². The molecule has 1 amide bonds. The smallest absolute Gasteiger partial charge is 0.280 e. The number of halogens is 4. The van der Waals surface area contributed by atoms with E-state index in [-0.39, 0.29) is 34.4 Å². The molecular weight excluding hydrogens is 407 g/mol. The minimum absolute atomic E-state index is 0.0165. The van der Waals surface area contributed by atoms with Crippen LogP contribution in [0.25, 0.3) is 0 Å². The van der Waals surface area contributed by atoms with Gasteiger partial charge in [0.25, 0.3) is 5.91 Å². The van der Waals surface area contributed by atoms with Crippen molar-refractivity contribution in [2.45, 2.75) is 37.8 Å². The van der Waals surface area contributed by atoms with Crippen molar-refractivity contribution in [3.8, 4) is 0 Å². The second-order valence-electron chi connectivity index (χ2n) is 6.83. The van der Waals surface area contributed by atoms with E-state index in [9.17, 15) is 23.1 Å². The summed E-state index contributed by atoms with van der Waals surface area (Å²) >= 11 is 5.86. The molecule has 0 unspecified atom stereocenters. The Bertz CT molecular complexity index is 911. The second kappa shape index (κ2) is 9.28. The monoisotopic (exact) mass is 425 g/mol. The summed E-state index contributed by atoms with van der Waals surface area (Å²) in [4.78, 5) is 16.4. The van der Waals surface area contributed by atoms with Crippen LogP contribution >= 0.6 is 11.6 Å². The van der Waals surface area contributed by atoms with Gasteiger partial charge in [-0.3, -0.25) is 4.79 Å². The number of hydrogen-bond donors (Lipinski definition) is 3. The van der Waals surface area contributed by atoms with E-state index in [0.29, 0.717) is 25.7 Å². The van der Waals surface area contributed by atoms with Crippen molar-refractivity contribution in [3.63, 3.8) is 0 Å². The second-order valence-corrected chi connectivity index (χ2v) is 7.26. The van der Waals surface area contributed by atoms with E-state index < -0.39 is 23.4 Å². The zero-order valence-electron chi connectivity index (χ0n) is 15.3. The van der Waals surface area contributed by atoms with Crippen LogP contribution in [0.1, 0.15) is 36.0 Å². The topological polar surface area (TPSA) is 73.7 Å². The van der Waals surface area contributed by atoms with Crippen LogP contribution in [0.3, 0.4) is 0 Å².